The van der Waals surface area contributed by atoms with E-state index in [1.54, 1.807) is 11.3 Å². The van der Waals surface area contributed by atoms with E-state index in [0.29, 0.717) is 19.5 Å². The lowest BCUT2D eigenvalue weighted by Crippen LogP contribution is -2.52. The number of piperazine rings is 1. The van der Waals surface area contributed by atoms with E-state index in [4.69, 9.17) is 0 Å². The molecule has 0 spiro atoms. The van der Waals surface area contributed by atoms with Crippen molar-refractivity contribution in [1.82, 2.24) is 9.80 Å². The van der Waals surface area contributed by atoms with Crippen LogP contribution in [-0.4, -0.2) is 47.2 Å². The van der Waals surface area contributed by atoms with Crippen molar-refractivity contribution in [3.63, 3.8) is 0 Å². The van der Waals surface area contributed by atoms with Crippen molar-refractivity contribution >= 4 is 11.3 Å². The monoisotopic (exact) mass is 370 g/mol. The number of benzene rings is 1. The van der Waals surface area contributed by atoms with Crippen LogP contribution in [0.5, 0.6) is 0 Å². The van der Waals surface area contributed by atoms with Gasteiger partial charge in [-0.15, -0.1) is 0 Å². The lowest BCUT2D eigenvalue weighted by Gasteiger charge is -2.41. The Balaban J connectivity index is 1.68. The Hall–Kier alpha value is -1.41. The van der Waals surface area contributed by atoms with Gasteiger partial charge in [-0.3, -0.25) is 9.80 Å². The van der Waals surface area contributed by atoms with Crippen molar-refractivity contribution in [2.75, 3.05) is 26.2 Å². The molecule has 2 aromatic rings. The van der Waals surface area contributed by atoms with Crippen LogP contribution in [0.15, 0.2) is 29.0 Å². The van der Waals surface area contributed by atoms with Gasteiger partial charge in [-0.05, 0) is 40.9 Å². The number of rotatable bonds is 6. The van der Waals surface area contributed by atoms with Gasteiger partial charge in [-0.1, -0.05) is 0 Å². The Labute approximate surface area is 149 Å². The molecule has 1 atom stereocenters. The summed E-state index contributed by atoms with van der Waals surface area (Å²) in [5.74, 6) is -2.86. The van der Waals surface area contributed by atoms with E-state index in [-0.39, 0.29) is 24.8 Å². The summed E-state index contributed by atoms with van der Waals surface area (Å²) < 4.78 is 41.2. The molecule has 1 fully saturated rings. The molecule has 0 bridgehead atoms. The zero-order valence-electron chi connectivity index (χ0n) is 13.8. The van der Waals surface area contributed by atoms with Gasteiger partial charge in [0, 0.05) is 50.9 Å². The fourth-order valence-corrected chi connectivity index (χ4v) is 3.95. The maximum atomic E-state index is 13.9. The van der Waals surface area contributed by atoms with Gasteiger partial charge in [0.25, 0.3) is 0 Å². The number of nitrogens with zero attached hydrogens (tertiary/aromatic N) is 2. The molecule has 7 heteroatoms. The molecule has 3 nitrogen and oxygen atoms in total. The number of hydrogen-bond acceptors (Lipinski definition) is 4. The first-order chi connectivity index (χ1) is 12.1. The van der Waals surface area contributed by atoms with E-state index in [2.05, 4.69) is 16.3 Å². The molecule has 2 heterocycles. The molecule has 3 rings (SSSR count). The summed E-state index contributed by atoms with van der Waals surface area (Å²) in [7, 11) is 0. The molecule has 0 unspecified atom stereocenters. The largest absolute Gasteiger partial charge is 0.396 e. The van der Waals surface area contributed by atoms with E-state index in [1.165, 1.54) is 5.56 Å². The molecule has 1 aliphatic heterocycles. The lowest BCUT2D eigenvalue weighted by atomic mass is 10.1. The molecule has 1 saturated heterocycles. The van der Waals surface area contributed by atoms with Crippen molar-refractivity contribution in [3.8, 4) is 0 Å². The average molecular weight is 370 g/mol. The molecule has 0 radical (unpaired) electrons. The third kappa shape index (κ3) is 4.41. The van der Waals surface area contributed by atoms with Crippen LogP contribution >= 0.6 is 11.3 Å². The maximum absolute atomic E-state index is 13.9. The van der Waals surface area contributed by atoms with E-state index in [0.717, 1.165) is 25.2 Å². The third-order valence-corrected chi connectivity index (χ3v) is 5.37. The van der Waals surface area contributed by atoms with Crippen molar-refractivity contribution in [2.24, 2.45) is 0 Å². The van der Waals surface area contributed by atoms with E-state index in [9.17, 15) is 18.3 Å². The number of thiophene rings is 1. The minimum atomic E-state index is -1.11. The van der Waals surface area contributed by atoms with Gasteiger partial charge in [0.05, 0.1) is 0 Å². The number of hydrogen-bond donors (Lipinski definition) is 1. The predicted molar refractivity (Wildman–Crippen MR) is 91.8 cm³/mol. The topological polar surface area (TPSA) is 26.7 Å². The molecule has 1 aromatic heterocycles. The van der Waals surface area contributed by atoms with Gasteiger partial charge in [-0.25, -0.2) is 13.2 Å². The second-order valence-electron chi connectivity index (χ2n) is 6.33. The first-order valence-electron chi connectivity index (χ1n) is 8.29. The second-order valence-corrected chi connectivity index (χ2v) is 7.11. The minimum Gasteiger partial charge on any atom is -0.396 e. The fraction of sp³-hybridized carbons (Fsp3) is 0.444. The van der Waals surface area contributed by atoms with Crippen LogP contribution in [0, 0.1) is 17.5 Å². The first-order valence-corrected chi connectivity index (χ1v) is 9.23. The Morgan fingerprint density at radius 2 is 1.88 bits per heavy atom. The summed E-state index contributed by atoms with van der Waals surface area (Å²) in [5.41, 5.74) is 0.998. The molecule has 0 saturated carbocycles. The van der Waals surface area contributed by atoms with Crippen molar-refractivity contribution < 1.29 is 18.3 Å². The Bertz CT molecular complexity index is 696. The molecular weight excluding hydrogens is 349 g/mol. The molecule has 1 aliphatic rings. The molecule has 0 amide bonds. The summed E-state index contributed by atoms with van der Waals surface area (Å²) in [6.07, 6.45) is 0.592. The zero-order valence-corrected chi connectivity index (χ0v) is 14.6. The van der Waals surface area contributed by atoms with E-state index < -0.39 is 17.5 Å². The zero-order chi connectivity index (χ0) is 17.8. The van der Waals surface area contributed by atoms with E-state index >= 15 is 0 Å². The average Bonchev–Trinajstić information content (AvgIpc) is 3.11. The molecule has 1 N–H and O–H groups in total. The lowest BCUT2D eigenvalue weighted by molar-refractivity contribution is 0.0489. The van der Waals surface area contributed by atoms with Crippen LogP contribution in [0.4, 0.5) is 13.2 Å². The van der Waals surface area contributed by atoms with Crippen molar-refractivity contribution in [1.29, 1.82) is 0 Å². The highest BCUT2D eigenvalue weighted by atomic mass is 32.1. The fourth-order valence-electron chi connectivity index (χ4n) is 3.29. The SMILES string of the molecule is OCC[C@@H]1CN(Cc2c(F)ccc(F)c2F)CCN1Cc1ccsc1. The number of aliphatic hydroxyl groups excluding tert-OH is 1. The van der Waals surface area contributed by atoms with Gasteiger partial charge in [-0.2, -0.15) is 11.3 Å². The van der Waals surface area contributed by atoms with Crippen LogP contribution in [0.1, 0.15) is 17.5 Å². The summed E-state index contributed by atoms with van der Waals surface area (Å²) in [6, 6.07) is 3.94. The molecule has 0 aliphatic carbocycles. The maximum Gasteiger partial charge on any atom is 0.166 e. The third-order valence-electron chi connectivity index (χ3n) is 4.64. The smallest absolute Gasteiger partial charge is 0.166 e. The van der Waals surface area contributed by atoms with Crippen molar-refractivity contribution in [2.45, 2.75) is 25.6 Å². The highest BCUT2D eigenvalue weighted by molar-refractivity contribution is 7.07. The number of aliphatic hydroxyl groups is 1. The van der Waals surface area contributed by atoms with Gasteiger partial charge < -0.3 is 5.11 Å². The van der Waals surface area contributed by atoms with Crippen molar-refractivity contribution in [3.05, 3.63) is 57.5 Å². The highest BCUT2D eigenvalue weighted by Gasteiger charge is 2.28. The van der Waals surface area contributed by atoms with Crippen LogP contribution in [0.25, 0.3) is 0 Å². The van der Waals surface area contributed by atoms with E-state index in [1.807, 2.05) is 10.3 Å². The summed E-state index contributed by atoms with van der Waals surface area (Å²) in [5, 5.41) is 13.5. The standard InChI is InChI=1S/C18H21F3N2OS/c19-16-1-2-17(20)18(21)15(16)11-22-5-6-23(14(10-22)3-7-24)9-13-4-8-25-12-13/h1-2,4,8,12,14,24H,3,5-7,9-11H2/t14-/m1/s1. The van der Waals surface area contributed by atoms with Gasteiger partial charge in [0.15, 0.2) is 11.6 Å². The number of halogens is 3. The summed E-state index contributed by atoms with van der Waals surface area (Å²) in [4.78, 5) is 4.21. The molecule has 1 aromatic carbocycles. The van der Waals surface area contributed by atoms with Crippen LogP contribution < -0.4 is 0 Å². The Morgan fingerprint density at radius 3 is 2.60 bits per heavy atom. The first kappa shape index (κ1) is 18.4. The predicted octanol–water partition coefficient (Wildman–Crippen LogP) is 3.23. The van der Waals surface area contributed by atoms with Gasteiger partial charge in [0.1, 0.15) is 5.82 Å². The van der Waals surface area contributed by atoms with Crippen LogP contribution in [0.2, 0.25) is 0 Å². The summed E-state index contributed by atoms with van der Waals surface area (Å²) >= 11 is 1.64. The van der Waals surface area contributed by atoms with Crippen LogP contribution in [-0.2, 0) is 13.1 Å². The molecular formula is C18H21F3N2OS. The molecule has 136 valence electrons. The Morgan fingerprint density at radius 1 is 1.08 bits per heavy atom. The quantitative estimate of drug-likeness (QED) is 0.791. The molecule has 25 heavy (non-hydrogen) atoms. The highest BCUT2D eigenvalue weighted by Crippen LogP contribution is 2.22. The summed E-state index contributed by atoms with van der Waals surface area (Å²) in [6.45, 7) is 2.84. The van der Waals surface area contributed by atoms with Gasteiger partial charge in [0.2, 0.25) is 0 Å². The normalized spacial score (nSPS) is 19.4. The van der Waals surface area contributed by atoms with Crippen LogP contribution in [0.3, 0.4) is 0 Å². The Kier molecular flexibility index (Phi) is 6.11. The van der Waals surface area contributed by atoms with Gasteiger partial charge >= 0.3 is 0 Å². The second kappa shape index (κ2) is 8.31. The minimum absolute atomic E-state index is 0.0314.